The Labute approximate surface area is 175 Å². The Bertz CT molecular complexity index is 683. The maximum atomic E-state index is 12.5. The molecule has 0 aromatic heterocycles. The highest BCUT2D eigenvalue weighted by Crippen LogP contribution is 2.28. The lowest BCUT2D eigenvalue weighted by Crippen LogP contribution is -2.48. The number of rotatable bonds is 6. The summed E-state index contributed by atoms with van der Waals surface area (Å²) < 4.78 is 0. The van der Waals surface area contributed by atoms with Crippen LogP contribution >= 0.6 is 0 Å². The van der Waals surface area contributed by atoms with Crippen LogP contribution in [0.1, 0.15) is 67.3 Å². The smallest absolute Gasteiger partial charge is 0.253 e. The highest BCUT2D eigenvalue weighted by Gasteiger charge is 2.23. The van der Waals surface area contributed by atoms with Crippen LogP contribution in [-0.2, 0) is 11.3 Å². The minimum Gasteiger partial charge on any atom is -0.340 e. The Morgan fingerprint density at radius 3 is 2.10 bits per heavy atom. The van der Waals surface area contributed by atoms with Crippen LogP contribution in [0, 0.1) is 5.92 Å². The zero-order valence-corrected chi connectivity index (χ0v) is 17.7. The quantitative estimate of drug-likeness (QED) is 0.737. The number of nitrogens with zero attached hydrogens (tertiary/aromatic N) is 3. The second kappa shape index (κ2) is 9.75. The number of likely N-dealkylation sites (tertiary alicyclic amines) is 1. The van der Waals surface area contributed by atoms with E-state index in [0.717, 1.165) is 83.0 Å². The molecule has 29 heavy (non-hydrogen) atoms. The van der Waals surface area contributed by atoms with Gasteiger partial charge in [0.15, 0.2) is 0 Å². The first-order valence-electron chi connectivity index (χ1n) is 11.6. The monoisotopic (exact) mass is 397 g/mol. The molecule has 2 amide bonds. The molecule has 1 aromatic rings. The van der Waals surface area contributed by atoms with E-state index < -0.39 is 0 Å². The van der Waals surface area contributed by atoms with E-state index in [2.05, 4.69) is 21.9 Å². The van der Waals surface area contributed by atoms with Crippen molar-refractivity contribution in [2.75, 3.05) is 39.3 Å². The van der Waals surface area contributed by atoms with Crippen molar-refractivity contribution in [2.24, 2.45) is 5.92 Å². The Kier molecular flexibility index (Phi) is 6.86. The average molecular weight is 398 g/mol. The van der Waals surface area contributed by atoms with Gasteiger partial charge in [-0.05, 0) is 42.9 Å². The van der Waals surface area contributed by atoms with Gasteiger partial charge in [0.2, 0.25) is 5.91 Å². The number of hydrogen-bond acceptors (Lipinski definition) is 3. The van der Waals surface area contributed by atoms with Crippen LogP contribution in [0.15, 0.2) is 24.3 Å². The van der Waals surface area contributed by atoms with E-state index in [1.165, 1.54) is 31.2 Å². The first-order valence-corrected chi connectivity index (χ1v) is 11.6. The molecule has 0 atom stereocenters. The highest BCUT2D eigenvalue weighted by molar-refractivity contribution is 5.94. The molecule has 3 aliphatic rings. The molecule has 1 aliphatic carbocycles. The zero-order chi connectivity index (χ0) is 20.1. The van der Waals surface area contributed by atoms with Gasteiger partial charge in [0.05, 0.1) is 0 Å². The van der Waals surface area contributed by atoms with Gasteiger partial charge in [-0.1, -0.05) is 37.8 Å². The first-order chi connectivity index (χ1) is 14.2. The minimum absolute atomic E-state index is 0.166. The molecule has 0 radical (unpaired) electrons. The normalized spacial score (nSPS) is 21.1. The SMILES string of the molecule is O=C(CCC1CCCC1)N1CCN(Cc2ccc(C(=O)N3CCCC3)cc2)CC1. The molecule has 0 N–H and O–H groups in total. The number of amides is 2. The summed E-state index contributed by atoms with van der Waals surface area (Å²) in [5, 5.41) is 0. The van der Waals surface area contributed by atoms with Crippen LogP contribution in [0.3, 0.4) is 0 Å². The lowest BCUT2D eigenvalue weighted by Gasteiger charge is -2.35. The molecular weight excluding hydrogens is 362 g/mol. The van der Waals surface area contributed by atoms with Crippen molar-refractivity contribution in [3.8, 4) is 0 Å². The number of benzene rings is 1. The fourth-order valence-corrected chi connectivity index (χ4v) is 5.05. The summed E-state index contributed by atoms with van der Waals surface area (Å²) in [5.74, 6) is 1.31. The van der Waals surface area contributed by atoms with Crippen molar-refractivity contribution in [1.82, 2.24) is 14.7 Å². The van der Waals surface area contributed by atoms with Crippen LogP contribution in [0.25, 0.3) is 0 Å². The molecule has 4 rings (SSSR count). The molecule has 1 saturated carbocycles. The second-order valence-corrected chi connectivity index (χ2v) is 9.04. The molecule has 0 unspecified atom stereocenters. The molecular formula is C24H35N3O2. The third-order valence-electron chi connectivity index (χ3n) is 6.97. The molecule has 2 heterocycles. The van der Waals surface area contributed by atoms with Crippen molar-refractivity contribution in [3.63, 3.8) is 0 Å². The van der Waals surface area contributed by atoms with Crippen molar-refractivity contribution in [3.05, 3.63) is 35.4 Å². The topological polar surface area (TPSA) is 43.9 Å². The first kappa shape index (κ1) is 20.4. The van der Waals surface area contributed by atoms with Gasteiger partial charge in [0.1, 0.15) is 0 Å². The maximum absolute atomic E-state index is 12.5. The molecule has 0 spiro atoms. The summed E-state index contributed by atoms with van der Waals surface area (Å²) in [5.41, 5.74) is 2.04. The number of piperazine rings is 1. The fourth-order valence-electron chi connectivity index (χ4n) is 5.05. The van der Waals surface area contributed by atoms with Crippen molar-refractivity contribution in [1.29, 1.82) is 0 Å². The van der Waals surface area contributed by atoms with Gasteiger partial charge < -0.3 is 9.80 Å². The third-order valence-corrected chi connectivity index (χ3v) is 6.97. The molecule has 5 nitrogen and oxygen atoms in total. The van der Waals surface area contributed by atoms with Crippen LogP contribution in [-0.4, -0.2) is 65.8 Å². The molecule has 2 aliphatic heterocycles. The fraction of sp³-hybridized carbons (Fsp3) is 0.667. The largest absolute Gasteiger partial charge is 0.340 e. The Morgan fingerprint density at radius 2 is 1.45 bits per heavy atom. The molecule has 5 heteroatoms. The lowest BCUT2D eigenvalue weighted by atomic mass is 10.0. The van der Waals surface area contributed by atoms with E-state index in [1.807, 2.05) is 17.0 Å². The van der Waals surface area contributed by atoms with Gasteiger partial charge in [-0.3, -0.25) is 14.5 Å². The van der Waals surface area contributed by atoms with Crippen LogP contribution in [0.4, 0.5) is 0 Å². The second-order valence-electron chi connectivity index (χ2n) is 9.04. The van der Waals surface area contributed by atoms with Gasteiger partial charge >= 0.3 is 0 Å². The molecule has 3 fully saturated rings. The van der Waals surface area contributed by atoms with Crippen LogP contribution in [0.5, 0.6) is 0 Å². The van der Waals surface area contributed by atoms with Gasteiger partial charge in [0, 0.05) is 57.8 Å². The number of carbonyl (C=O) groups excluding carboxylic acids is 2. The summed E-state index contributed by atoms with van der Waals surface area (Å²) in [7, 11) is 0. The van der Waals surface area contributed by atoms with Crippen molar-refractivity contribution < 1.29 is 9.59 Å². The van der Waals surface area contributed by atoms with Crippen molar-refractivity contribution in [2.45, 2.75) is 57.9 Å². The van der Waals surface area contributed by atoms with E-state index in [-0.39, 0.29) is 5.91 Å². The van der Waals surface area contributed by atoms with E-state index in [4.69, 9.17) is 0 Å². The minimum atomic E-state index is 0.166. The molecule has 1 aromatic carbocycles. The van der Waals surface area contributed by atoms with E-state index in [0.29, 0.717) is 5.91 Å². The molecule has 158 valence electrons. The van der Waals surface area contributed by atoms with E-state index >= 15 is 0 Å². The maximum Gasteiger partial charge on any atom is 0.253 e. The van der Waals surface area contributed by atoms with Gasteiger partial charge in [-0.15, -0.1) is 0 Å². The zero-order valence-electron chi connectivity index (χ0n) is 17.7. The van der Waals surface area contributed by atoms with Crippen molar-refractivity contribution >= 4 is 11.8 Å². The van der Waals surface area contributed by atoms with Crippen LogP contribution < -0.4 is 0 Å². The highest BCUT2D eigenvalue weighted by atomic mass is 16.2. The third kappa shape index (κ3) is 5.39. The summed E-state index contributed by atoms with van der Waals surface area (Å²) >= 11 is 0. The predicted molar refractivity (Wildman–Crippen MR) is 115 cm³/mol. The summed E-state index contributed by atoms with van der Waals surface area (Å²) in [6.45, 7) is 6.23. The number of hydrogen-bond donors (Lipinski definition) is 0. The van der Waals surface area contributed by atoms with Gasteiger partial charge in [0.25, 0.3) is 5.91 Å². The number of carbonyl (C=O) groups is 2. The Morgan fingerprint density at radius 1 is 0.793 bits per heavy atom. The molecule has 0 bridgehead atoms. The summed E-state index contributed by atoms with van der Waals surface area (Å²) in [6, 6.07) is 8.11. The molecule has 2 saturated heterocycles. The van der Waals surface area contributed by atoms with Crippen LogP contribution in [0.2, 0.25) is 0 Å². The average Bonchev–Trinajstić information content (AvgIpc) is 3.47. The lowest BCUT2D eigenvalue weighted by molar-refractivity contribution is -0.133. The summed E-state index contributed by atoms with van der Waals surface area (Å²) in [6.07, 6.45) is 9.42. The standard InChI is InChI=1S/C24H35N3O2/c28-23(12-9-20-5-1-2-6-20)26-17-15-25(16-18-26)19-21-7-10-22(11-8-21)24(29)27-13-3-4-14-27/h7-8,10-11,20H,1-6,9,12-19H2. The summed E-state index contributed by atoms with van der Waals surface area (Å²) in [4.78, 5) is 31.4. The predicted octanol–water partition coefficient (Wildman–Crippen LogP) is 3.54. The Hall–Kier alpha value is -1.88. The Balaban J connectivity index is 1.20. The van der Waals surface area contributed by atoms with E-state index in [9.17, 15) is 9.59 Å². The van der Waals surface area contributed by atoms with E-state index in [1.54, 1.807) is 0 Å². The van der Waals surface area contributed by atoms with Gasteiger partial charge in [-0.25, -0.2) is 0 Å². The van der Waals surface area contributed by atoms with Gasteiger partial charge in [-0.2, -0.15) is 0 Å².